The van der Waals surface area contributed by atoms with Crippen molar-refractivity contribution in [3.05, 3.63) is 47.7 Å². The number of rotatable bonds is 1. The quantitative estimate of drug-likeness (QED) is 0.703. The first-order valence-electron chi connectivity index (χ1n) is 6.92. The van der Waals surface area contributed by atoms with Gasteiger partial charge in [0, 0.05) is 23.7 Å². The van der Waals surface area contributed by atoms with Gasteiger partial charge >= 0.3 is 0 Å². The highest BCUT2D eigenvalue weighted by Crippen LogP contribution is 2.39. The van der Waals surface area contributed by atoms with Gasteiger partial charge in [-0.05, 0) is 31.2 Å². The molecule has 19 heavy (non-hydrogen) atoms. The molecule has 4 rings (SSSR count). The molecular formula is C16H17N3. The van der Waals surface area contributed by atoms with E-state index < -0.39 is 0 Å². The molecule has 0 aromatic heterocycles. The lowest BCUT2D eigenvalue weighted by Gasteiger charge is -2.28. The SMILES string of the molecule is CC1=NC(C2=CC=CN3CC4CC=CC=C4C23)=NC1. The number of nitrogens with zero attached hydrogens (tertiary/aromatic N) is 3. The van der Waals surface area contributed by atoms with E-state index in [1.807, 2.05) is 6.92 Å². The molecule has 0 bridgehead atoms. The Hall–Kier alpha value is -1.90. The van der Waals surface area contributed by atoms with Gasteiger partial charge in [-0.3, -0.25) is 4.99 Å². The second-order valence-electron chi connectivity index (χ2n) is 5.58. The van der Waals surface area contributed by atoms with Crippen molar-refractivity contribution in [3.63, 3.8) is 0 Å². The van der Waals surface area contributed by atoms with Crippen LogP contribution in [0.15, 0.2) is 57.7 Å². The molecule has 0 spiro atoms. The van der Waals surface area contributed by atoms with Crippen LogP contribution in [-0.2, 0) is 0 Å². The van der Waals surface area contributed by atoms with Crippen LogP contribution in [0.2, 0.25) is 0 Å². The Balaban J connectivity index is 1.75. The zero-order valence-electron chi connectivity index (χ0n) is 11.1. The fourth-order valence-corrected chi connectivity index (χ4v) is 3.39. The average molecular weight is 251 g/mol. The van der Waals surface area contributed by atoms with Crippen LogP contribution in [0.1, 0.15) is 13.3 Å². The second kappa shape index (κ2) is 4.05. The lowest BCUT2D eigenvalue weighted by atomic mass is 9.87. The summed E-state index contributed by atoms with van der Waals surface area (Å²) in [6, 6.07) is 0.355. The number of amidine groups is 1. The summed E-state index contributed by atoms with van der Waals surface area (Å²) < 4.78 is 0. The molecule has 1 saturated heterocycles. The van der Waals surface area contributed by atoms with Crippen molar-refractivity contribution < 1.29 is 0 Å². The highest BCUT2D eigenvalue weighted by molar-refractivity contribution is 6.12. The third kappa shape index (κ3) is 1.65. The summed E-state index contributed by atoms with van der Waals surface area (Å²) in [4.78, 5) is 11.6. The van der Waals surface area contributed by atoms with E-state index in [1.54, 1.807) is 0 Å². The molecule has 3 heterocycles. The van der Waals surface area contributed by atoms with Crippen LogP contribution < -0.4 is 0 Å². The third-order valence-corrected chi connectivity index (χ3v) is 4.26. The summed E-state index contributed by atoms with van der Waals surface area (Å²) in [6.45, 7) is 3.92. The van der Waals surface area contributed by atoms with E-state index in [0.29, 0.717) is 12.0 Å². The molecule has 3 nitrogen and oxygen atoms in total. The van der Waals surface area contributed by atoms with Crippen molar-refractivity contribution in [3.8, 4) is 0 Å². The van der Waals surface area contributed by atoms with Gasteiger partial charge in [0.15, 0.2) is 5.84 Å². The monoisotopic (exact) mass is 251 g/mol. The molecule has 1 aliphatic carbocycles. The van der Waals surface area contributed by atoms with Gasteiger partial charge in [-0.15, -0.1) is 0 Å². The zero-order valence-corrected chi connectivity index (χ0v) is 11.1. The van der Waals surface area contributed by atoms with Gasteiger partial charge in [0.05, 0.1) is 12.6 Å². The molecule has 2 unspecified atom stereocenters. The highest BCUT2D eigenvalue weighted by Gasteiger charge is 2.39. The molecule has 2 atom stereocenters. The zero-order chi connectivity index (χ0) is 12.8. The molecular weight excluding hydrogens is 234 g/mol. The maximum atomic E-state index is 4.60. The van der Waals surface area contributed by atoms with Crippen LogP contribution in [0.3, 0.4) is 0 Å². The summed E-state index contributed by atoms with van der Waals surface area (Å²) in [7, 11) is 0. The molecule has 0 aromatic rings. The predicted molar refractivity (Wildman–Crippen MR) is 78.5 cm³/mol. The van der Waals surface area contributed by atoms with Gasteiger partial charge in [0.1, 0.15) is 0 Å². The number of allylic oxidation sites excluding steroid dienone is 5. The van der Waals surface area contributed by atoms with E-state index in [0.717, 1.165) is 31.1 Å². The van der Waals surface area contributed by atoms with Crippen LogP contribution in [0, 0.1) is 5.92 Å². The molecule has 0 radical (unpaired) electrons. The Morgan fingerprint density at radius 3 is 3.05 bits per heavy atom. The molecule has 0 amide bonds. The van der Waals surface area contributed by atoms with E-state index >= 15 is 0 Å². The van der Waals surface area contributed by atoms with Crippen molar-refractivity contribution in [1.82, 2.24) is 4.90 Å². The first-order chi connectivity index (χ1) is 9.33. The topological polar surface area (TPSA) is 28.0 Å². The van der Waals surface area contributed by atoms with Gasteiger partial charge in [-0.25, -0.2) is 4.99 Å². The Morgan fingerprint density at radius 2 is 2.21 bits per heavy atom. The van der Waals surface area contributed by atoms with Gasteiger partial charge in [0.25, 0.3) is 0 Å². The predicted octanol–water partition coefficient (Wildman–Crippen LogP) is 2.50. The number of aliphatic imine (C=N–C) groups is 2. The summed E-state index contributed by atoms with van der Waals surface area (Å²) in [5.41, 5.74) is 3.91. The van der Waals surface area contributed by atoms with Crippen LogP contribution >= 0.6 is 0 Å². The van der Waals surface area contributed by atoms with Crippen LogP contribution in [0.4, 0.5) is 0 Å². The summed E-state index contributed by atoms with van der Waals surface area (Å²) in [6.07, 6.45) is 14.4. The molecule has 0 N–H and O–H groups in total. The Labute approximate surface area is 113 Å². The summed E-state index contributed by atoms with van der Waals surface area (Å²) >= 11 is 0. The number of fused-ring (bicyclic) bond motifs is 3. The normalized spacial score (nSPS) is 31.5. The van der Waals surface area contributed by atoms with Gasteiger partial charge < -0.3 is 4.90 Å². The van der Waals surface area contributed by atoms with Crippen LogP contribution in [-0.4, -0.2) is 35.6 Å². The summed E-state index contributed by atoms with van der Waals surface area (Å²) in [5.74, 6) is 1.60. The molecule has 3 aliphatic heterocycles. The van der Waals surface area contributed by atoms with Crippen LogP contribution in [0.25, 0.3) is 0 Å². The Bertz CT molecular complexity index is 601. The second-order valence-corrected chi connectivity index (χ2v) is 5.58. The van der Waals surface area contributed by atoms with E-state index in [9.17, 15) is 0 Å². The van der Waals surface area contributed by atoms with Crippen molar-refractivity contribution in [2.45, 2.75) is 19.4 Å². The number of hydrogen-bond acceptors (Lipinski definition) is 3. The molecule has 0 aromatic carbocycles. The first kappa shape index (κ1) is 11.0. The molecule has 3 heteroatoms. The van der Waals surface area contributed by atoms with E-state index in [1.165, 1.54) is 11.1 Å². The third-order valence-electron chi connectivity index (χ3n) is 4.26. The van der Waals surface area contributed by atoms with E-state index in [2.05, 4.69) is 51.5 Å². The summed E-state index contributed by atoms with van der Waals surface area (Å²) in [5, 5.41) is 0. The van der Waals surface area contributed by atoms with Crippen LogP contribution in [0.5, 0.6) is 0 Å². The maximum absolute atomic E-state index is 4.60. The highest BCUT2D eigenvalue weighted by atomic mass is 15.2. The lowest BCUT2D eigenvalue weighted by Crippen LogP contribution is -2.31. The fraction of sp³-hybridized carbons (Fsp3) is 0.375. The Morgan fingerprint density at radius 1 is 1.26 bits per heavy atom. The molecule has 1 fully saturated rings. The van der Waals surface area contributed by atoms with E-state index in [-0.39, 0.29) is 0 Å². The Kier molecular flexibility index (Phi) is 2.34. The smallest absolute Gasteiger partial charge is 0.153 e. The minimum atomic E-state index is 0.355. The minimum absolute atomic E-state index is 0.355. The number of hydrogen-bond donors (Lipinski definition) is 0. The van der Waals surface area contributed by atoms with Gasteiger partial charge in [-0.2, -0.15) is 0 Å². The fourth-order valence-electron chi connectivity index (χ4n) is 3.39. The van der Waals surface area contributed by atoms with Crippen molar-refractivity contribution >= 4 is 11.5 Å². The lowest BCUT2D eigenvalue weighted by molar-refractivity contribution is 0.387. The molecule has 4 aliphatic rings. The van der Waals surface area contributed by atoms with Gasteiger partial charge in [-0.1, -0.05) is 24.3 Å². The van der Waals surface area contributed by atoms with Crippen molar-refractivity contribution in [2.75, 3.05) is 13.1 Å². The largest absolute Gasteiger partial charge is 0.366 e. The first-order valence-corrected chi connectivity index (χ1v) is 6.92. The maximum Gasteiger partial charge on any atom is 0.153 e. The van der Waals surface area contributed by atoms with E-state index in [4.69, 9.17) is 0 Å². The van der Waals surface area contributed by atoms with Gasteiger partial charge in [0.2, 0.25) is 0 Å². The average Bonchev–Trinajstić information content (AvgIpc) is 3.01. The molecule has 0 saturated carbocycles. The van der Waals surface area contributed by atoms with Crippen molar-refractivity contribution in [1.29, 1.82) is 0 Å². The van der Waals surface area contributed by atoms with Crippen molar-refractivity contribution in [2.24, 2.45) is 15.9 Å². The molecule has 96 valence electrons. The standard InChI is InChI=1S/C16H17N3/c1-11-9-17-16(18-11)14-7-4-8-19-10-12-5-2-3-6-13(12)15(14)19/h2-4,6-8,12,15H,5,9-10H2,1H3. The minimum Gasteiger partial charge on any atom is -0.366 e.